The second kappa shape index (κ2) is 6.59. The van der Waals surface area contributed by atoms with Crippen molar-refractivity contribution in [3.05, 3.63) is 63.1 Å². The lowest BCUT2D eigenvalue weighted by Crippen LogP contribution is -2.13. The van der Waals surface area contributed by atoms with Gasteiger partial charge >= 0.3 is 0 Å². The highest BCUT2D eigenvalue weighted by Gasteiger charge is 2.21. The molecule has 0 N–H and O–H groups in total. The second-order valence-corrected chi connectivity index (χ2v) is 6.25. The number of allylic oxidation sites excluding steroid dienone is 1. The van der Waals surface area contributed by atoms with Crippen LogP contribution in [0.15, 0.2) is 46.4 Å². The van der Waals surface area contributed by atoms with Crippen LogP contribution in [0.1, 0.15) is 27.9 Å². The minimum Gasteiger partial charge on any atom is -0.493 e. The van der Waals surface area contributed by atoms with Gasteiger partial charge in [0.15, 0.2) is 17.3 Å². The van der Waals surface area contributed by atoms with Gasteiger partial charge in [-0.05, 0) is 58.1 Å². The van der Waals surface area contributed by atoms with Gasteiger partial charge in [-0.2, -0.15) is 0 Å². The lowest BCUT2D eigenvalue weighted by molar-refractivity contribution is 0.102. The number of fused-ring (bicyclic) bond motifs is 1. The third-order valence-electron chi connectivity index (χ3n) is 4.01. The van der Waals surface area contributed by atoms with E-state index in [1.54, 1.807) is 14.2 Å². The smallest absolute Gasteiger partial charge is 0.189 e. The number of ketones is 1. The van der Waals surface area contributed by atoms with Crippen molar-refractivity contribution in [1.82, 2.24) is 0 Å². The maximum Gasteiger partial charge on any atom is 0.189 e. The van der Waals surface area contributed by atoms with Crippen molar-refractivity contribution in [2.45, 2.75) is 12.8 Å². The summed E-state index contributed by atoms with van der Waals surface area (Å²) in [6.45, 7) is 0. The van der Waals surface area contributed by atoms with Gasteiger partial charge in [-0.15, -0.1) is 0 Å². The molecular weight excluding hydrogens is 356 g/mol. The molecule has 3 rings (SSSR count). The molecule has 0 radical (unpaired) electrons. The Morgan fingerprint density at radius 2 is 1.87 bits per heavy atom. The third kappa shape index (κ3) is 3.04. The molecule has 2 aromatic rings. The van der Waals surface area contributed by atoms with Crippen molar-refractivity contribution >= 4 is 27.8 Å². The first-order valence-electron chi connectivity index (χ1n) is 7.38. The number of halogens is 1. The number of Topliss-reactive ketones (excluding diaryl/α,β-unsaturated/α-hetero) is 1. The number of carbonyl (C=O) groups is 1. The molecule has 23 heavy (non-hydrogen) atoms. The number of benzene rings is 2. The zero-order valence-corrected chi connectivity index (χ0v) is 14.6. The average molecular weight is 373 g/mol. The van der Waals surface area contributed by atoms with E-state index in [0.29, 0.717) is 11.5 Å². The summed E-state index contributed by atoms with van der Waals surface area (Å²) in [5.41, 5.74) is 3.67. The van der Waals surface area contributed by atoms with Crippen LogP contribution >= 0.6 is 15.9 Å². The summed E-state index contributed by atoms with van der Waals surface area (Å²) in [5.74, 6) is 1.39. The first kappa shape index (κ1) is 15.8. The van der Waals surface area contributed by atoms with Gasteiger partial charge in [0, 0.05) is 11.1 Å². The summed E-state index contributed by atoms with van der Waals surface area (Å²) < 4.78 is 11.5. The van der Waals surface area contributed by atoms with Crippen LogP contribution in [-0.4, -0.2) is 20.0 Å². The summed E-state index contributed by atoms with van der Waals surface area (Å²) in [6, 6.07) is 11.6. The number of hydrogen-bond acceptors (Lipinski definition) is 3. The van der Waals surface area contributed by atoms with Gasteiger partial charge in [0.05, 0.1) is 18.7 Å². The van der Waals surface area contributed by atoms with Gasteiger partial charge in [-0.1, -0.05) is 24.3 Å². The van der Waals surface area contributed by atoms with Gasteiger partial charge in [-0.25, -0.2) is 0 Å². The van der Waals surface area contributed by atoms with E-state index < -0.39 is 0 Å². The molecule has 0 unspecified atom stereocenters. The highest BCUT2D eigenvalue weighted by Crippen LogP contribution is 2.37. The molecular formula is C19H17BrO3. The number of rotatable bonds is 3. The molecule has 0 spiro atoms. The van der Waals surface area contributed by atoms with E-state index in [1.807, 2.05) is 42.5 Å². The maximum absolute atomic E-state index is 12.6. The van der Waals surface area contributed by atoms with Crippen LogP contribution in [0.4, 0.5) is 0 Å². The third-order valence-corrected chi connectivity index (χ3v) is 4.60. The zero-order valence-electron chi connectivity index (χ0n) is 13.1. The van der Waals surface area contributed by atoms with Crippen LogP contribution in [0.25, 0.3) is 6.08 Å². The molecule has 0 fully saturated rings. The summed E-state index contributed by atoms with van der Waals surface area (Å²) >= 11 is 3.49. The molecule has 0 aromatic heterocycles. The summed E-state index contributed by atoms with van der Waals surface area (Å²) in [7, 11) is 3.20. The Bertz CT molecular complexity index is 793. The van der Waals surface area contributed by atoms with E-state index in [2.05, 4.69) is 15.9 Å². The standard InChI is InChI=1S/C19H17BrO3/c1-22-17-11-12(10-16(20)19(17)23-2)9-14-8-7-13-5-3-4-6-15(13)18(14)21/h3-6,9-11H,7-8H2,1-2H3. The SMILES string of the molecule is COc1cc(C=C2CCc3ccccc3C2=O)cc(Br)c1OC. The molecule has 2 aromatic carbocycles. The summed E-state index contributed by atoms with van der Waals surface area (Å²) in [5, 5.41) is 0. The van der Waals surface area contributed by atoms with Crippen LogP contribution in [-0.2, 0) is 6.42 Å². The van der Waals surface area contributed by atoms with Crippen molar-refractivity contribution in [2.24, 2.45) is 0 Å². The monoisotopic (exact) mass is 372 g/mol. The highest BCUT2D eigenvalue weighted by atomic mass is 79.9. The number of hydrogen-bond donors (Lipinski definition) is 0. The maximum atomic E-state index is 12.6. The van der Waals surface area contributed by atoms with E-state index in [0.717, 1.165) is 39.6 Å². The van der Waals surface area contributed by atoms with Gasteiger partial charge in [0.25, 0.3) is 0 Å². The van der Waals surface area contributed by atoms with Gasteiger partial charge in [0.2, 0.25) is 0 Å². The van der Waals surface area contributed by atoms with E-state index in [-0.39, 0.29) is 5.78 Å². The van der Waals surface area contributed by atoms with Gasteiger partial charge in [0.1, 0.15) is 0 Å². The normalized spacial score (nSPS) is 15.4. The minimum atomic E-state index is 0.109. The van der Waals surface area contributed by atoms with Crippen LogP contribution in [0.5, 0.6) is 11.5 Å². The molecule has 0 saturated heterocycles. The molecule has 1 aliphatic rings. The first-order chi connectivity index (χ1) is 11.1. The fourth-order valence-corrected chi connectivity index (χ4v) is 3.50. The Kier molecular flexibility index (Phi) is 4.53. The molecule has 0 bridgehead atoms. The summed E-state index contributed by atoms with van der Waals surface area (Å²) in [4.78, 5) is 12.6. The highest BCUT2D eigenvalue weighted by molar-refractivity contribution is 9.10. The van der Waals surface area contributed by atoms with Crippen LogP contribution in [0.3, 0.4) is 0 Å². The molecule has 0 amide bonds. The fraction of sp³-hybridized carbons (Fsp3) is 0.211. The van der Waals surface area contributed by atoms with Gasteiger partial charge in [-0.3, -0.25) is 4.79 Å². The number of carbonyl (C=O) groups excluding carboxylic acids is 1. The van der Waals surface area contributed by atoms with Crippen molar-refractivity contribution in [3.63, 3.8) is 0 Å². The molecule has 0 atom stereocenters. The molecule has 4 heteroatoms. The minimum absolute atomic E-state index is 0.109. The Morgan fingerprint density at radius 1 is 1.09 bits per heavy atom. The summed E-state index contributed by atoms with van der Waals surface area (Å²) in [6.07, 6.45) is 3.58. The van der Waals surface area contributed by atoms with Crippen molar-refractivity contribution < 1.29 is 14.3 Å². The van der Waals surface area contributed by atoms with E-state index >= 15 is 0 Å². The molecule has 0 heterocycles. The number of ether oxygens (including phenoxy) is 2. The van der Waals surface area contributed by atoms with Crippen molar-refractivity contribution in [1.29, 1.82) is 0 Å². The topological polar surface area (TPSA) is 35.5 Å². The first-order valence-corrected chi connectivity index (χ1v) is 8.18. The van der Waals surface area contributed by atoms with Crippen molar-refractivity contribution in [2.75, 3.05) is 14.2 Å². The van der Waals surface area contributed by atoms with E-state index in [4.69, 9.17) is 9.47 Å². The van der Waals surface area contributed by atoms with Crippen LogP contribution in [0, 0.1) is 0 Å². The molecule has 3 nitrogen and oxygen atoms in total. The number of aryl methyl sites for hydroxylation is 1. The number of methoxy groups -OCH3 is 2. The lowest BCUT2D eigenvalue weighted by Gasteiger charge is -2.17. The van der Waals surface area contributed by atoms with E-state index in [1.165, 1.54) is 0 Å². The van der Waals surface area contributed by atoms with Crippen molar-refractivity contribution in [3.8, 4) is 11.5 Å². The molecule has 0 saturated carbocycles. The van der Waals surface area contributed by atoms with Gasteiger partial charge < -0.3 is 9.47 Å². The second-order valence-electron chi connectivity index (χ2n) is 5.39. The Labute approximate surface area is 144 Å². The predicted molar refractivity (Wildman–Crippen MR) is 94.3 cm³/mol. The largest absolute Gasteiger partial charge is 0.493 e. The predicted octanol–water partition coefficient (Wildman–Crippen LogP) is 4.68. The molecule has 0 aliphatic heterocycles. The Balaban J connectivity index is 2.00. The zero-order chi connectivity index (χ0) is 16.4. The molecule has 118 valence electrons. The van der Waals surface area contributed by atoms with Crippen LogP contribution in [0.2, 0.25) is 0 Å². The Hall–Kier alpha value is -2.07. The average Bonchev–Trinajstić information content (AvgIpc) is 2.57. The van der Waals surface area contributed by atoms with E-state index in [9.17, 15) is 4.79 Å². The van der Waals surface area contributed by atoms with Crippen LogP contribution < -0.4 is 9.47 Å². The fourth-order valence-electron chi connectivity index (χ4n) is 2.88. The Morgan fingerprint density at radius 3 is 2.61 bits per heavy atom. The molecule has 1 aliphatic carbocycles. The quantitative estimate of drug-likeness (QED) is 0.733. The lowest BCUT2D eigenvalue weighted by atomic mass is 9.86.